The summed E-state index contributed by atoms with van der Waals surface area (Å²) in [4.78, 5) is 0. The molecule has 104 valence electrons. The molecule has 0 heterocycles. The van der Waals surface area contributed by atoms with Gasteiger partial charge in [0.05, 0.1) is 4.47 Å². The molecule has 0 saturated heterocycles. The van der Waals surface area contributed by atoms with E-state index >= 15 is 0 Å². The van der Waals surface area contributed by atoms with E-state index in [4.69, 9.17) is 0 Å². The summed E-state index contributed by atoms with van der Waals surface area (Å²) < 4.78 is 13.7. The van der Waals surface area contributed by atoms with E-state index < -0.39 is 0 Å². The van der Waals surface area contributed by atoms with Crippen LogP contribution in [0.3, 0.4) is 0 Å². The Bertz CT molecular complexity index is 456. The highest BCUT2D eigenvalue weighted by Gasteiger charge is 2.08. The maximum Gasteiger partial charge on any atom is 0.137 e. The fraction of sp³-hybridized carbons (Fsp3) is 0.500. The lowest BCUT2D eigenvalue weighted by Gasteiger charge is -2.17. The van der Waals surface area contributed by atoms with Crippen molar-refractivity contribution in [3.63, 3.8) is 0 Å². The molecule has 0 amide bonds. The molecule has 0 saturated carbocycles. The minimum Gasteiger partial charge on any atom is -0.310 e. The van der Waals surface area contributed by atoms with Crippen LogP contribution < -0.4 is 5.32 Å². The first-order valence-corrected chi connectivity index (χ1v) is 7.82. The van der Waals surface area contributed by atoms with Crippen molar-refractivity contribution in [2.24, 2.45) is 0 Å². The Morgan fingerprint density at radius 3 is 2.89 bits per heavy atom. The molecule has 1 nitrogen and oxygen atoms in total. The number of hydrogen-bond acceptors (Lipinski definition) is 1. The molecule has 0 bridgehead atoms. The van der Waals surface area contributed by atoms with Gasteiger partial charge in [0.2, 0.25) is 0 Å². The standard InChI is InChI=1S/C16H21BrFN/c1-12(14-7-8-16(18)15(17)11-14)19-10-9-13-5-3-2-4-6-13/h5,7-8,11-12,19H,2-4,6,9-10H2,1H3. The molecule has 1 aliphatic carbocycles. The van der Waals surface area contributed by atoms with E-state index in [0.717, 1.165) is 18.5 Å². The monoisotopic (exact) mass is 325 g/mol. The van der Waals surface area contributed by atoms with Gasteiger partial charge in [-0.25, -0.2) is 4.39 Å². The number of halogens is 2. The minimum atomic E-state index is -0.205. The highest BCUT2D eigenvalue weighted by Crippen LogP contribution is 2.22. The number of benzene rings is 1. The van der Waals surface area contributed by atoms with Gasteiger partial charge in [0, 0.05) is 6.04 Å². The van der Waals surface area contributed by atoms with Crippen LogP contribution in [0.1, 0.15) is 50.6 Å². The Hall–Kier alpha value is -0.670. The van der Waals surface area contributed by atoms with Gasteiger partial charge in [-0.1, -0.05) is 17.7 Å². The van der Waals surface area contributed by atoms with Crippen LogP contribution >= 0.6 is 15.9 Å². The maximum absolute atomic E-state index is 13.2. The van der Waals surface area contributed by atoms with Crippen LogP contribution in [-0.4, -0.2) is 6.54 Å². The second kappa shape index (κ2) is 7.20. The first kappa shape index (κ1) is 14.7. The molecule has 1 aromatic rings. The predicted molar refractivity (Wildman–Crippen MR) is 81.7 cm³/mol. The molecule has 1 atom stereocenters. The third-order valence-corrected chi connectivity index (χ3v) is 4.33. The lowest BCUT2D eigenvalue weighted by molar-refractivity contribution is 0.559. The van der Waals surface area contributed by atoms with Crippen molar-refractivity contribution in [1.29, 1.82) is 0 Å². The molecule has 0 aromatic heterocycles. The first-order chi connectivity index (χ1) is 9.16. The van der Waals surface area contributed by atoms with Crippen molar-refractivity contribution in [2.75, 3.05) is 6.54 Å². The number of allylic oxidation sites excluding steroid dienone is 1. The Labute approximate surface area is 123 Å². The molecule has 2 rings (SSSR count). The van der Waals surface area contributed by atoms with E-state index in [9.17, 15) is 4.39 Å². The Morgan fingerprint density at radius 1 is 1.37 bits per heavy atom. The van der Waals surface area contributed by atoms with Crippen molar-refractivity contribution in [2.45, 2.75) is 45.1 Å². The van der Waals surface area contributed by atoms with Gasteiger partial charge in [0.1, 0.15) is 5.82 Å². The molecule has 0 radical (unpaired) electrons. The van der Waals surface area contributed by atoms with Crippen LogP contribution in [0.2, 0.25) is 0 Å². The maximum atomic E-state index is 13.2. The zero-order valence-electron chi connectivity index (χ0n) is 11.4. The molecule has 1 N–H and O–H groups in total. The van der Waals surface area contributed by atoms with E-state index in [2.05, 4.69) is 34.2 Å². The average molecular weight is 326 g/mol. The number of hydrogen-bond donors (Lipinski definition) is 1. The molecule has 0 spiro atoms. The molecule has 3 heteroatoms. The van der Waals surface area contributed by atoms with Crippen LogP contribution in [0.25, 0.3) is 0 Å². The Morgan fingerprint density at radius 2 is 2.21 bits per heavy atom. The van der Waals surface area contributed by atoms with Gasteiger partial charge < -0.3 is 5.32 Å². The third-order valence-electron chi connectivity index (χ3n) is 3.73. The largest absolute Gasteiger partial charge is 0.310 e. The predicted octanol–water partition coefficient (Wildman–Crippen LogP) is 5.13. The molecule has 0 fully saturated rings. The number of nitrogens with one attached hydrogen (secondary N) is 1. The SMILES string of the molecule is CC(NCCC1=CCCCC1)c1ccc(F)c(Br)c1. The summed E-state index contributed by atoms with van der Waals surface area (Å²) in [5.74, 6) is -0.205. The fourth-order valence-corrected chi connectivity index (χ4v) is 2.88. The molecular weight excluding hydrogens is 305 g/mol. The molecule has 1 aromatic carbocycles. The van der Waals surface area contributed by atoms with Crippen LogP contribution in [-0.2, 0) is 0 Å². The summed E-state index contributed by atoms with van der Waals surface area (Å²) >= 11 is 3.23. The summed E-state index contributed by atoms with van der Waals surface area (Å²) in [7, 11) is 0. The summed E-state index contributed by atoms with van der Waals surface area (Å²) in [6.45, 7) is 3.11. The molecule has 1 aliphatic rings. The third kappa shape index (κ3) is 4.43. The van der Waals surface area contributed by atoms with Crippen LogP contribution in [0.5, 0.6) is 0 Å². The van der Waals surface area contributed by atoms with Crippen molar-refractivity contribution < 1.29 is 4.39 Å². The average Bonchev–Trinajstić information content (AvgIpc) is 2.43. The van der Waals surface area contributed by atoms with Gasteiger partial charge in [-0.3, -0.25) is 0 Å². The highest BCUT2D eigenvalue weighted by atomic mass is 79.9. The minimum absolute atomic E-state index is 0.205. The van der Waals surface area contributed by atoms with Gasteiger partial charge in [0.15, 0.2) is 0 Å². The zero-order valence-corrected chi connectivity index (χ0v) is 13.0. The van der Waals surface area contributed by atoms with Gasteiger partial charge in [-0.15, -0.1) is 0 Å². The van der Waals surface area contributed by atoms with E-state index in [0.29, 0.717) is 4.47 Å². The fourth-order valence-electron chi connectivity index (χ4n) is 2.48. The first-order valence-electron chi connectivity index (χ1n) is 7.03. The zero-order chi connectivity index (χ0) is 13.7. The molecular formula is C16H21BrFN. The van der Waals surface area contributed by atoms with Crippen molar-refractivity contribution in [1.82, 2.24) is 5.32 Å². The number of rotatable bonds is 5. The van der Waals surface area contributed by atoms with Crippen LogP contribution in [0.15, 0.2) is 34.3 Å². The lowest BCUT2D eigenvalue weighted by Crippen LogP contribution is -2.20. The molecule has 1 unspecified atom stereocenters. The quantitative estimate of drug-likeness (QED) is 0.740. The van der Waals surface area contributed by atoms with Crippen molar-refractivity contribution >= 4 is 15.9 Å². The second-order valence-electron chi connectivity index (χ2n) is 5.21. The summed E-state index contributed by atoms with van der Waals surface area (Å²) in [6, 6.07) is 5.47. The van der Waals surface area contributed by atoms with Gasteiger partial charge >= 0.3 is 0 Å². The van der Waals surface area contributed by atoms with Gasteiger partial charge in [0.25, 0.3) is 0 Å². The lowest BCUT2D eigenvalue weighted by atomic mass is 9.97. The molecule has 0 aliphatic heterocycles. The van der Waals surface area contributed by atoms with Gasteiger partial charge in [-0.2, -0.15) is 0 Å². The Kier molecular flexibility index (Phi) is 5.59. The topological polar surface area (TPSA) is 12.0 Å². The van der Waals surface area contributed by atoms with E-state index in [1.165, 1.54) is 31.7 Å². The van der Waals surface area contributed by atoms with Gasteiger partial charge in [-0.05, 0) is 79.2 Å². The van der Waals surface area contributed by atoms with E-state index in [1.54, 1.807) is 5.57 Å². The highest BCUT2D eigenvalue weighted by molar-refractivity contribution is 9.10. The van der Waals surface area contributed by atoms with Crippen molar-refractivity contribution in [3.05, 3.63) is 45.7 Å². The summed E-state index contributed by atoms with van der Waals surface area (Å²) in [5.41, 5.74) is 2.71. The Balaban J connectivity index is 1.81. The second-order valence-corrected chi connectivity index (χ2v) is 6.06. The van der Waals surface area contributed by atoms with Crippen LogP contribution in [0.4, 0.5) is 4.39 Å². The molecule has 19 heavy (non-hydrogen) atoms. The summed E-state index contributed by atoms with van der Waals surface area (Å²) in [5, 5.41) is 3.51. The van der Waals surface area contributed by atoms with Crippen LogP contribution in [0, 0.1) is 5.82 Å². The summed E-state index contributed by atoms with van der Waals surface area (Å²) in [6.07, 6.45) is 8.72. The van der Waals surface area contributed by atoms with E-state index in [1.807, 2.05) is 12.1 Å². The van der Waals surface area contributed by atoms with Crippen molar-refractivity contribution in [3.8, 4) is 0 Å². The smallest absolute Gasteiger partial charge is 0.137 e. The van der Waals surface area contributed by atoms with E-state index in [-0.39, 0.29) is 11.9 Å². The normalized spacial score (nSPS) is 17.1.